The minimum atomic E-state index is 0.461. The number of hydrogen-bond donors (Lipinski definition) is 1. The van der Waals surface area contributed by atoms with E-state index in [0.717, 1.165) is 18.9 Å². The smallest absolute Gasteiger partial charge is 0.147 e. The van der Waals surface area contributed by atoms with Gasteiger partial charge in [0.25, 0.3) is 0 Å². The third-order valence-corrected chi connectivity index (χ3v) is 2.98. The summed E-state index contributed by atoms with van der Waals surface area (Å²) in [5.74, 6) is 1.41. The van der Waals surface area contributed by atoms with Crippen LogP contribution in [0.5, 0.6) is 0 Å². The predicted octanol–water partition coefficient (Wildman–Crippen LogP) is 1.30. The number of nitrogens with two attached hydrogens (primary N) is 1. The molecule has 0 radical (unpaired) electrons. The Labute approximate surface area is 84.2 Å². The largest absolute Gasteiger partial charge is 0.382 e. The minimum Gasteiger partial charge on any atom is -0.382 e. The molecule has 0 saturated carbocycles. The van der Waals surface area contributed by atoms with Crippen molar-refractivity contribution in [1.29, 1.82) is 0 Å². The van der Waals surface area contributed by atoms with Gasteiger partial charge in [-0.2, -0.15) is 0 Å². The van der Waals surface area contributed by atoms with E-state index in [2.05, 4.69) is 28.7 Å². The molecular weight excluding hydrogens is 176 g/mol. The molecule has 1 fully saturated rings. The zero-order valence-electron chi connectivity index (χ0n) is 8.70. The summed E-state index contributed by atoms with van der Waals surface area (Å²) in [6, 6.07) is 0. The summed E-state index contributed by atoms with van der Waals surface area (Å²) in [6.45, 7) is 6.67. The molecule has 1 aromatic rings. The molecule has 2 N–H and O–H groups in total. The first-order valence-electron chi connectivity index (χ1n) is 4.95. The van der Waals surface area contributed by atoms with Crippen molar-refractivity contribution in [2.75, 3.05) is 23.7 Å². The van der Waals surface area contributed by atoms with Crippen molar-refractivity contribution in [3.8, 4) is 0 Å². The van der Waals surface area contributed by atoms with Crippen LogP contribution < -0.4 is 10.6 Å². The lowest BCUT2D eigenvalue weighted by Gasteiger charge is -2.48. The molecular formula is C10H16N4. The fraction of sp³-hybridized carbons (Fsp3) is 0.600. The van der Waals surface area contributed by atoms with Gasteiger partial charge in [0.2, 0.25) is 0 Å². The van der Waals surface area contributed by atoms with Crippen LogP contribution in [0.2, 0.25) is 0 Å². The molecule has 2 heterocycles. The molecule has 0 aliphatic carbocycles. The Morgan fingerprint density at radius 1 is 1.43 bits per heavy atom. The van der Waals surface area contributed by atoms with Gasteiger partial charge in [-0.15, -0.1) is 0 Å². The lowest BCUT2D eigenvalue weighted by molar-refractivity contribution is 0.232. The zero-order valence-corrected chi connectivity index (χ0v) is 8.70. The van der Waals surface area contributed by atoms with Crippen LogP contribution in [0.3, 0.4) is 0 Å². The second-order valence-electron chi connectivity index (χ2n) is 4.32. The van der Waals surface area contributed by atoms with Crippen molar-refractivity contribution in [2.45, 2.75) is 20.3 Å². The summed E-state index contributed by atoms with van der Waals surface area (Å²) in [5, 5.41) is 0. The first-order chi connectivity index (χ1) is 6.63. The second kappa shape index (κ2) is 3.12. The van der Waals surface area contributed by atoms with Gasteiger partial charge < -0.3 is 10.6 Å². The molecule has 0 unspecified atom stereocenters. The van der Waals surface area contributed by atoms with Gasteiger partial charge in [0.15, 0.2) is 0 Å². The first-order valence-corrected chi connectivity index (χ1v) is 4.95. The Morgan fingerprint density at radius 3 is 2.64 bits per heavy atom. The molecule has 1 aliphatic heterocycles. The lowest BCUT2D eigenvalue weighted by atomic mass is 9.80. The average molecular weight is 192 g/mol. The fourth-order valence-electron chi connectivity index (χ4n) is 1.76. The fourth-order valence-corrected chi connectivity index (χ4v) is 1.76. The lowest BCUT2D eigenvalue weighted by Crippen LogP contribution is -2.54. The van der Waals surface area contributed by atoms with Crippen LogP contribution in [0.1, 0.15) is 20.3 Å². The SMILES string of the molecule is CCC1(C)CN(c2cnc(N)cn2)C1. The van der Waals surface area contributed by atoms with Gasteiger partial charge in [-0.3, -0.25) is 0 Å². The van der Waals surface area contributed by atoms with Crippen LogP contribution in [0.4, 0.5) is 11.6 Å². The molecule has 0 bridgehead atoms. The molecule has 0 amide bonds. The minimum absolute atomic E-state index is 0.461. The highest BCUT2D eigenvalue weighted by atomic mass is 15.3. The van der Waals surface area contributed by atoms with E-state index in [0.29, 0.717) is 11.2 Å². The van der Waals surface area contributed by atoms with Crippen LogP contribution in [0.25, 0.3) is 0 Å². The molecule has 4 nitrogen and oxygen atoms in total. The number of hydrogen-bond acceptors (Lipinski definition) is 4. The Morgan fingerprint density at radius 2 is 2.14 bits per heavy atom. The standard InChI is InChI=1S/C10H16N4/c1-3-10(2)6-14(7-10)9-5-12-8(11)4-13-9/h4-5H,3,6-7H2,1-2H3,(H2,11,12). The molecule has 1 aliphatic rings. The number of aromatic nitrogens is 2. The first kappa shape index (κ1) is 9.24. The van der Waals surface area contributed by atoms with E-state index in [1.54, 1.807) is 12.4 Å². The molecule has 1 saturated heterocycles. The van der Waals surface area contributed by atoms with Crippen molar-refractivity contribution in [3.63, 3.8) is 0 Å². The summed E-state index contributed by atoms with van der Waals surface area (Å²) < 4.78 is 0. The van der Waals surface area contributed by atoms with Crippen LogP contribution in [-0.4, -0.2) is 23.1 Å². The Hall–Kier alpha value is -1.32. The van der Waals surface area contributed by atoms with Crippen molar-refractivity contribution in [3.05, 3.63) is 12.4 Å². The average Bonchev–Trinajstić information content (AvgIpc) is 2.15. The second-order valence-corrected chi connectivity index (χ2v) is 4.32. The van der Waals surface area contributed by atoms with Gasteiger partial charge in [-0.25, -0.2) is 9.97 Å². The molecule has 0 atom stereocenters. The van der Waals surface area contributed by atoms with Gasteiger partial charge in [0.1, 0.15) is 11.6 Å². The Kier molecular flexibility index (Phi) is 2.06. The van der Waals surface area contributed by atoms with E-state index in [1.807, 2.05) is 0 Å². The van der Waals surface area contributed by atoms with Crippen LogP contribution in [0.15, 0.2) is 12.4 Å². The van der Waals surface area contributed by atoms with Crippen molar-refractivity contribution < 1.29 is 0 Å². The van der Waals surface area contributed by atoms with E-state index < -0.39 is 0 Å². The topological polar surface area (TPSA) is 55.0 Å². The highest BCUT2D eigenvalue weighted by Gasteiger charge is 2.37. The van der Waals surface area contributed by atoms with E-state index in [-0.39, 0.29) is 0 Å². The zero-order chi connectivity index (χ0) is 10.2. The predicted molar refractivity (Wildman–Crippen MR) is 57.1 cm³/mol. The molecule has 0 aromatic carbocycles. The van der Waals surface area contributed by atoms with Crippen LogP contribution in [-0.2, 0) is 0 Å². The van der Waals surface area contributed by atoms with Crippen molar-refractivity contribution in [1.82, 2.24) is 9.97 Å². The summed E-state index contributed by atoms with van der Waals surface area (Å²) in [5.41, 5.74) is 5.93. The maximum Gasteiger partial charge on any atom is 0.147 e. The normalized spacial score (nSPS) is 19.1. The number of nitrogens with zero attached hydrogens (tertiary/aromatic N) is 3. The summed E-state index contributed by atoms with van der Waals surface area (Å²) in [4.78, 5) is 10.5. The highest BCUT2D eigenvalue weighted by molar-refractivity contribution is 5.43. The summed E-state index contributed by atoms with van der Waals surface area (Å²) >= 11 is 0. The van der Waals surface area contributed by atoms with Gasteiger partial charge in [0.05, 0.1) is 12.4 Å². The molecule has 4 heteroatoms. The van der Waals surface area contributed by atoms with Crippen molar-refractivity contribution >= 4 is 11.6 Å². The third kappa shape index (κ3) is 1.52. The highest BCUT2D eigenvalue weighted by Crippen LogP contribution is 2.35. The number of nitrogen functional groups attached to an aromatic ring is 1. The monoisotopic (exact) mass is 192 g/mol. The van der Waals surface area contributed by atoms with Crippen LogP contribution in [0, 0.1) is 5.41 Å². The molecule has 1 aromatic heterocycles. The summed E-state index contributed by atoms with van der Waals surface area (Å²) in [7, 11) is 0. The van der Waals surface area contributed by atoms with Gasteiger partial charge in [-0.1, -0.05) is 13.8 Å². The van der Waals surface area contributed by atoms with E-state index in [4.69, 9.17) is 5.73 Å². The Bertz CT molecular complexity index is 313. The quantitative estimate of drug-likeness (QED) is 0.767. The van der Waals surface area contributed by atoms with E-state index >= 15 is 0 Å². The molecule has 2 rings (SSSR count). The Balaban J connectivity index is 2.03. The van der Waals surface area contributed by atoms with E-state index in [1.165, 1.54) is 6.42 Å². The molecule has 0 spiro atoms. The number of rotatable bonds is 2. The molecule has 76 valence electrons. The number of anilines is 2. The van der Waals surface area contributed by atoms with Crippen molar-refractivity contribution in [2.24, 2.45) is 5.41 Å². The van der Waals surface area contributed by atoms with Gasteiger partial charge >= 0.3 is 0 Å². The third-order valence-electron chi connectivity index (χ3n) is 2.98. The maximum atomic E-state index is 5.47. The summed E-state index contributed by atoms with van der Waals surface area (Å²) in [6.07, 6.45) is 4.56. The molecule has 14 heavy (non-hydrogen) atoms. The van der Waals surface area contributed by atoms with Gasteiger partial charge in [-0.05, 0) is 6.42 Å². The van der Waals surface area contributed by atoms with Crippen LogP contribution >= 0.6 is 0 Å². The van der Waals surface area contributed by atoms with Gasteiger partial charge in [0, 0.05) is 18.5 Å². The van der Waals surface area contributed by atoms with E-state index in [9.17, 15) is 0 Å². The maximum absolute atomic E-state index is 5.47.